The molecule has 1 saturated heterocycles. The van der Waals surface area contributed by atoms with Crippen LogP contribution in [0.1, 0.15) is 6.42 Å². The zero-order chi connectivity index (χ0) is 12.5. The molecule has 7 heteroatoms. The number of hydrogen-bond donors (Lipinski definition) is 1. The Bertz CT molecular complexity index is 503. The number of hydrogen-bond acceptors (Lipinski definition) is 5. The van der Waals surface area contributed by atoms with E-state index in [1.165, 1.54) is 16.6 Å². The molecule has 1 aromatic heterocycles. The summed E-state index contributed by atoms with van der Waals surface area (Å²) in [5.74, 6) is 0. The Labute approximate surface area is 100 Å². The second-order valence-corrected chi connectivity index (χ2v) is 5.76. The molecule has 6 nitrogen and oxygen atoms in total. The Morgan fingerprint density at radius 3 is 2.94 bits per heavy atom. The zero-order valence-electron chi connectivity index (χ0n) is 9.54. The number of sulfonamides is 1. The average molecular weight is 257 g/mol. The molecule has 17 heavy (non-hydrogen) atoms. The fourth-order valence-corrected chi connectivity index (χ4v) is 3.36. The molecular weight excluding hydrogens is 242 g/mol. The van der Waals surface area contributed by atoms with Gasteiger partial charge in [-0.2, -0.15) is 4.31 Å². The molecule has 1 atom stereocenters. The highest BCUT2D eigenvalue weighted by molar-refractivity contribution is 7.89. The van der Waals surface area contributed by atoms with Crippen LogP contribution in [0.15, 0.2) is 23.4 Å². The summed E-state index contributed by atoms with van der Waals surface area (Å²) < 4.78 is 31.0. The lowest BCUT2D eigenvalue weighted by molar-refractivity contribution is 0.115. The van der Waals surface area contributed by atoms with Crippen LogP contribution in [0, 0.1) is 0 Å². The van der Waals surface area contributed by atoms with Crippen LogP contribution in [0.2, 0.25) is 0 Å². The number of ether oxygens (including phenoxy) is 1. The Kier molecular flexibility index (Phi) is 3.32. The monoisotopic (exact) mass is 257 g/mol. The molecule has 0 radical (unpaired) electrons. The van der Waals surface area contributed by atoms with Crippen LogP contribution in [0.25, 0.3) is 0 Å². The van der Waals surface area contributed by atoms with E-state index in [4.69, 9.17) is 10.5 Å². The van der Waals surface area contributed by atoms with E-state index in [9.17, 15) is 8.42 Å². The van der Waals surface area contributed by atoms with Crippen molar-refractivity contribution in [3.63, 3.8) is 0 Å². The molecule has 0 amide bonds. The van der Waals surface area contributed by atoms with Crippen LogP contribution in [-0.2, 0) is 14.8 Å². The quantitative estimate of drug-likeness (QED) is 0.828. The number of methoxy groups -OCH3 is 1. The van der Waals surface area contributed by atoms with Gasteiger partial charge in [-0.25, -0.2) is 13.4 Å². The van der Waals surface area contributed by atoms with Gasteiger partial charge in [0.2, 0.25) is 0 Å². The molecule has 2 N–H and O–H groups in total. The van der Waals surface area contributed by atoms with Crippen LogP contribution < -0.4 is 5.73 Å². The predicted molar refractivity (Wildman–Crippen MR) is 62.8 cm³/mol. The van der Waals surface area contributed by atoms with Crippen molar-refractivity contribution in [2.24, 2.45) is 0 Å². The molecule has 1 unspecified atom stereocenters. The second-order valence-electron chi connectivity index (χ2n) is 3.91. The first-order valence-corrected chi connectivity index (χ1v) is 6.73. The van der Waals surface area contributed by atoms with Gasteiger partial charge in [-0.15, -0.1) is 0 Å². The van der Waals surface area contributed by atoms with Gasteiger partial charge in [0, 0.05) is 26.4 Å². The van der Waals surface area contributed by atoms with Crippen molar-refractivity contribution >= 4 is 15.7 Å². The lowest BCUT2D eigenvalue weighted by Crippen LogP contribution is -2.31. The third-order valence-corrected chi connectivity index (χ3v) is 4.67. The molecule has 1 fully saturated rings. The molecule has 1 aliphatic heterocycles. The van der Waals surface area contributed by atoms with Crippen molar-refractivity contribution < 1.29 is 13.2 Å². The maximum atomic E-state index is 12.2. The van der Waals surface area contributed by atoms with Gasteiger partial charge in [-0.05, 0) is 18.6 Å². The van der Waals surface area contributed by atoms with E-state index in [1.807, 2.05) is 0 Å². The van der Waals surface area contributed by atoms with E-state index in [0.717, 1.165) is 0 Å². The van der Waals surface area contributed by atoms with E-state index in [2.05, 4.69) is 4.98 Å². The Hall–Kier alpha value is -1.18. The van der Waals surface area contributed by atoms with E-state index in [0.29, 0.717) is 19.5 Å². The third-order valence-electron chi connectivity index (χ3n) is 2.83. The largest absolute Gasteiger partial charge is 0.396 e. The number of aromatic nitrogens is 1. The number of nitrogen functional groups attached to an aromatic ring is 1. The van der Waals surface area contributed by atoms with E-state index in [1.54, 1.807) is 13.2 Å². The predicted octanol–water partition coefficient (Wildman–Crippen LogP) is 0.0732. The molecule has 2 rings (SSSR count). The van der Waals surface area contributed by atoms with E-state index >= 15 is 0 Å². The van der Waals surface area contributed by atoms with Crippen molar-refractivity contribution in [2.45, 2.75) is 17.6 Å². The molecule has 1 aromatic rings. The molecule has 1 aliphatic rings. The van der Waals surface area contributed by atoms with Gasteiger partial charge in [0.1, 0.15) is 0 Å². The first kappa shape index (κ1) is 12.3. The summed E-state index contributed by atoms with van der Waals surface area (Å²) in [7, 11) is -2.02. The molecule has 94 valence electrons. The van der Waals surface area contributed by atoms with Gasteiger partial charge < -0.3 is 10.5 Å². The Balaban J connectivity index is 2.29. The first-order valence-electron chi connectivity index (χ1n) is 5.29. The van der Waals surface area contributed by atoms with Gasteiger partial charge in [0.15, 0.2) is 5.03 Å². The number of pyridine rings is 1. The summed E-state index contributed by atoms with van der Waals surface area (Å²) in [5.41, 5.74) is 5.82. The second kappa shape index (κ2) is 4.59. The van der Waals surface area contributed by atoms with Crippen LogP contribution in [-0.4, -0.2) is 44.0 Å². The highest BCUT2D eigenvalue weighted by Crippen LogP contribution is 2.23. The van der Waals surface area contributed by atoms with Crippen molar-refractivity contribution in [3.8, 4) is 0 Å². The molecular formula is C10H15N3O3S. The molecule has 0 spiro atoms. The standard InChI is InChI=1S/C10H15N3O3S/c1-16-8-4-6-13(7-8)17(14,15)10-9(11)3-2-5-12-10/h2-3,5,8H,4,6-7,11H2,1H3. The summed E-state index contributed by atoms with van der Waals surface area (Å²) in [5, 5.41) is -0.0725. The minimum absolute atomic E-state index is 0.0466. The van der Waals surface area contributed by atoms with Gasteiger partial charge in [0.05, 0.1) is 11.8 Å². The smallest absolute Gasteiger partial charge is 0.262 e. The molecule has 2 heterocycles. The SMILES string of the molecule is COC1CCN(S(=O)(=O)c2ncccc2N)C1. The van der Waals surface area contributed by atoms with E-state index < -0.39 is 10.0 Å². The molecule has 0 aromatic carbocycles. The summed E-state index contributed by atoms with van der Waals surface area (Å²) >= 11 is 0. The van der Waals surface area contributed by atoms with Crippen LogP contribution >= 0.6 is 0 Å². The Morgan fingerprint density at radius 1 is 1.59 bits per heavy atom. The van der Waals surface area contributed by atoms with Crippen molar-refractivity contribution in [1.29, 1.82) is 0 Å². The Morgan fingerprint density at radius 2 is 2.35 bits per heavy atom. The van der Waals surface area contributed by atoms with Gasteiger partial charge in [-0.1, -0.05) is 0 Å². The molecule has 0 saturated carbocycles. The average Bonchev–Trinajstić information content (AvgIpc) is 2.78. The highest BCUT2D eigenvalue weighted by atomic mass is 32.2. The number of nitrogens with zero attached hydrogens (tertiary/aromatic N) is 2. The summed E-state index contributed by atoms with van der Waals surface area (Å²) in [6.45, 7) is 0.797. The zero-order valence-corrected chi connectivity index (χ0v) is 10.4. The van der Waals surface area contributed by atoms with Gasteiger partial charge in [-0.3, -0.25) is 0 Å². The third kappa shape index (κ3) is 2.26. The summed E-state index contributed by atoms with van der Waals surface area (Å²) in [4.78, 5) is 3.85. The minimum Gasteiger partial charge on any atom is -0.396 e. The fraction of sp³-hybridized carbons (Fsp3) is 0.500. The van der Waals surface area contributed by atoms with Crippen molar-refractivity contribution in [3.05, 3.63) is 18.3 Å². The van der Waals surface area contributed by atoms with Gasteiger partial charge >= 0.3 is 0 Å². The normalized spacial score (nSPS) is 21.8. The number of nitrogens with two attached hydrogens (primary N) is 1. The maximum Gasteiger partial charge on any atom is 0.262 e. The molecule has 0 aliphatic carbocycles. The topological polar surface area (TPSA) is 85.5 Å². The lowest BCUT2D eigenvalue weighted by atomic mass is 10.3. The van der Waals surface area contributed by atoms with Crippen LogP contribution in [0.4, 0.5) is 5.69 Å². The summed E-state index contributed by atoms with van der Waals surface area (Å²) in [6, 6.07) is 3.14. The number of anilines is 1. The lowest BCUT2D eigenvalue weighted by Gasteiger charge is -2.16. The maximum absolute atomic E-state index is 12.2. The highest BCUT2D eigenvalue weighted by Gasteiger charge is 2.34. The van der Waals surface area contributed by atoms with Crippen LogP contribution in [0.3, 0.4) is 0 Å². The fourth-order valence-electron chi connectivity index (χ4n) is 1.85. The molecule has 0 bridgehead atoms. The van der Waals surface area contributed by atoms with Crippen molar-refractivity contribution in [1.82, 2.24) is 9.29 Å². The number of rotatable bonds is 3. The van der Waals surface area contributed by atoms with Crippen molar-refractivity contribution in [2.75, 3.05) is 25.9 Å². The minimum atomic E-state index is -3.60. The van der Waals surface area contributed by atoms with E-state index in [-0.39, 0.29) is 16.8 Å². The summed E-state index contributed by atoms with van der Waals surface area (Å²) in [6.07, 6.45) is 2.07. The first-order chi connectivity index (χ1) is 8.05. The van der Waals surface area contributed by atoms with Crippen LogP contribution in [0.5, 0.6) is 0 Å². The van der Waals surface area contributed by atoms with Gasteiger partial charge in [0.25, 0.3) is 10.0 Å².